The molecule has 9 nitrogen and oxygen atoms in total. The topological polar surface area (TPSA) is 164 Å². The van der Waals surface area contributed by atoms with Crippen LogP contribution in [0.1, 0.15) is 13.8 Å². The number of carbonyl (C=O) groups is 3. The van der Waals surface area contributed by atoms with Gasteiger partial charge in [0, 0.05) is 65.2 Å². The van der Waals surface area contributed by atoms with Crippen molar-refractivity contribution in [2.24, 2.45) is 5.73 Å². The minimum Gasteiger partial charge on any atom is -0.478 e. The molecule has 0 atom stereocenters. The number of nitrogens with two attached hydrogens (primary N) is 1. The summed E-state index contributed by atoms with van der Waals surface area (Å²) >= 11 is 0. The van der Waals surface area contributed by atoms with Crippen molar-refractivity contribution in [3.63, 3.8) is 0 Å². The molecule has 12 heteroatoms. The summed E-state index contributed by atoms with van der Waals surface area (Å²) in [5.41, 5.74) is 3.53. The summed E-state index contributed by atoms with van der Waals surface area (Å²) in [5.74, 6) is -2.47. The Balaban J connectivity index is -0.0000000933. The van der Waals surface area contributed by atoms with E-state index in [0.29, 0.717) is 0 Å². The minimum absolute atomic E-state index is 0. The molecule has 0 aliphatic heterocycles. The molecule has 5 N–H and O–H groups in total. The van der Waals surface area contributed by atoms with Gasteiger partial charge in [0.05, 0.1) is 11.3 Å². The third kappa shape index (κ3) is 39.9. The van der Waals surface area contributed by atoms with Crippen LogP contribution < -0.4 is 11.1 Å². The van der Waals surface area contributed by atoms with Gasteiger partial charge in [-0.15, -0.1) is 0 Å². The van der Waals surface area contributed by atoms with Gasteiger partial charge in [-0.25, -0.2) is 4.79 Å². The Kier molecular flexibility index (Phi) is 26.1. The Morgan fingerprint density at radius 3 is 1.56 bits per heavy atom. The van der Waals surface area contributed by atoms with Gasteiger partial charge in [-0.3, -0.25) is 14.1 Å². The van der Waals surface area contributed by atoms with E-state index in [1.54, 1.807) is 0 Å². The Morgan fingerprint density at radius 1 is 1.08 bits per heavy atom. The molecule has 0 aliphatic carbocycles. The van der Waals surface area contributed by atoms with Gasteiger partial charge in [0.1, 0.15) is 0 Å². The van der Waals surface area contributed by atoms with Gasteiger partial charge < -0.3 is 16.2 Å². The summed E-state index contributed by atoms with van der Waals surface area (Å²) in [7, 11) is -4.08. The van der Waals surface area contributed by atoms with Crippen LogP contribution in [0.4, 0.5) is 0 Å². The van der Waals surface area contributed by atoms with E-state index in [9.17, 15) is 22.8 Å². The maximum Gasteiger partial charge on any atom is 0.327 e. The fraction of sp³-hybridized carbons (Fsp3) is 0.308. The van der Waals surface area contributed by atoms with Crippen LogP contribution in [0, 0.1) is 0 Å². The van der Waals surface area contributed by atoms with Crippen molar-refractivity contribution in [2.75, 3.05) is 5.75 Å². The van der Waals surface area contributed by atoms with E-state index < -0.39 is 39.2 Å². The van der Waals surface area contributed by atoms with Crippen LogP contribution in [-0.2, 0) is 24.5 Å². The van der Waals surface area contributed by atoms with Gasteiger partial charge in [0.15, 0.2) is 0 Å². The molecule has 25 heavy (non-hydrogen) atoms. The molecule has 0 aromatic rings. The summed E-state index contributed by atoms with van der Waals surface area (Å²) in [5, 5.41) is 9.97. The molecule has 0 fully saturated rings. The van der Waals surface area contributed by atoms with Gasteiger partial charge in [0.25, 0.3) is 10.1 Å². The second kappa shape index (κ2) is 18.3. The van der Waals surface area contributed by atoms with E-state index >= 15 is 0 Å². The van der Waals surface area contributed by atoms with Crippen molar-refractivity contribution < 1.29 is 32.5 Å². The van der Waals surface area contributed by atoms with Crippen LogP contribution in [0.15, 0.2) is 38.0 Å². The van der Waals surface area contributed by atoms with E-state index in [0.717, 1.165) is 18.2 Å². The van der Waals surface area contributed by atoms with Gasteiger partial charge >= 0.3 is 5.97 Å². The first kappa shape index (κ1) is 35.6. The first-order valence-electron chi connectivity index (χ1n) is 5.87. The molecule has 0 saturated carbocycles. The fourth-order valence-electron chi connectivity index (χ4n) is 0.877. The number of carboxylic acids is 1. The number of amides is 2. The Morgan fingerprint density at radius 2 is 1.40 bits per heavy atom. The molecule has 134 valence electrons. The predicted molar refractivity (Wildman–Crippen MR) is 97.6 cm³/mol. The second-order valence-electron chi connectivity index (χ2n) is 4.45. The van der Waals surface area contributed by atoms with E-state index in [1.807, 2.05) is 0 Å². The van der Waals surface area contributed by atoms with Crippen LogP contribution in [0.2, 0.25) is 0 Å². The van der Waals surface area contributed by atoms with E-state index in [-0.39, 0.29) is 59.1 Å². The molecule has 0 bridgehead atoms. The zero-order valence-corrected chi connectivity index (χ0v) is 19.8. The van der Waals surface area contributed by atoms with Crippen LogP contribution in [0.5, 0.6) is 0 Å². The zero-order chi connectivity index (χ0) is 19.3. The molecule has 0 unspecified atom stereocenters. The van der Waals surface area contributed by atoms with E-state index in [2.05, 4.69) is 30.8 Å². The molecule has 0 aliphatic rings. The van der Waals surface area contributed by atoms with Crippen molar-refractivity contribution in [2.45, 2.75) is 19.4 Å². The van der Waals surface area contributed by atoms with E-state index in [1.165, 1.54) is 13.8 Å². The van der Waals surface area contributed by atoms with Crippen LogP contribution >= 0.6 is 0 Å². The van der Waals surface area contributed by atoms with E-state index in [4.69, 9.17) is 9.66 Å². The standard InChI is InChI=1S/C7H13NO4S.C3H5NO.C3H4O2.2Na/c1-4-6(9)8-7(2,3)5-13(10,11)12;2*1-2-3(4)5;;/h4H,1,5H2,2-3H3,(H,8,9)(H,10,11,12);2H,1H2,(H2,4,5);2H,1H2,(H,4,5);;. The first-order valence-corrected chi connectivity index (χ1v) is 7.48. The Labute approximate surface area is 192 Å². The molecule has 0 heterocycles. The summed E-state index contributed by atoms with van der Waals surface area (Å²) in [6.07, 6.45) is 2.92. The van der Waals surface area contributed by atoms with Gasteiger partial charge in [0.2, 0.25) is 11.8 Å². The number of carboxylic acid groups (broad SMARTS) is 1. The molecule has 2 radical (unpaired) electrons. The Bertz CT molecular complexity index is 543. The Hall–Kier alpha value is -0.460. The summed E-state index contributed by atoms with van der Waals surface area (Å²) in [4.78, 5) is 29.5. The largest absolute Gasteiger partial charge is 0.478 e. The molecule has 0 saturated heterocycles. The number of carbonyl (C=O) groups excluding carboxylic acids is 2. The normalized spacial score (nSPS) is 8.92. The fourth-order valence-corrected chi connectivity index (χ4v) is 1.86. The zero-order valence-electron chi connectivity index (χ0n) is 15.0. The van der Waals surface area contributed by atoms with Crippen LogP contribution in [0.3, 0.4) is 0 Å². The molecule has 0 aromatic heterocycles. The molecule has 2 amide bonds. The molecule has 0 spiro atoms. The third-order valence-electron chi connectivity index (χ3n) is 1.57. The average Bonchev–Trinajstić information content (AvgIpc) is 2.36. The average molecular weight is 396 g/mol. The second-order valence-corrected chi connectivity index (χ2v) is 5.90. The number of nitrogens with one attached hydrogen (secondary N) is 1. The van der Waals surface area contributed by atoms with Gasteiger partial charge in [-0.1, -0.05) is 19.7 Å². The maximum absolute atomic E-state index is 10.8. The molecule has 0 aromatic carbocycles. The van der Waals surface area contributed by atoms with Crippen molar-refractivity contribution in [3.05, 3.63) is 38.0 Å². The summed E-state index contributed by atoms with van der Waals surface area (Å²) in [6, 6.07) is 0. The monoisotopic (exact) mass is 396 g/mol. The van der Waals surface area contributed by atoms with Crippen molar-refractivity contribution >= 4 is 87.0 Å². The third-order valence-corrected chi connectivity index (χ3v) is 2.65. The predicted octanol–water partition coefficient (Wildman–Crippen LogP) is -0.892. The molecular weight excluding hydrogens is 374 g/mol. The van der Waals surface area contributed by atoms with Crippen LogP contribution in [0.25, 0.3) is 0 Å². The SMILES string of the molecule is C=CC(=O)NC(C)(C)CS(=O)(=O)O.C=CC(=O)O.C=CC(N)=O.[Na].[Na]. The van der Waals surface area contributed by atoms with Crippen molar-refractivity contribution in [1.29, 1.82) is 0 Å². The number of hydrogen-bond acceptors (Lipinski definition) is 5. The maximum atomic E-state index is 10.8. The molecule has 0 rings (SSSR count). The number of hydrogen-bond donors (Lipinski definition) is 4. The summed E-state index contributed by atoms with van der Waals surface area (Å²) < 4.78 is 29.5. The minimum atomic E-state index is -4.08. The summed E-state index contributed by atoms with van der Waals surface area (Å²) in [6.45, 7) is 12.2. The quantitative estimate of drug-likeness (QED) is 0.257. The van der Waals surface area contributed by atoms with Gasteiger partial charge in [-0.2, -0.15) is 8.42 Å². The number of primary amides is 1. The van der Waals surface area contributed by atoms with Crippen molar-refractivity contribution in [3.8, 4) is 0 Å². The van der Waals surface area contributed by atoms with Crippen molar-refractivity contribution in [1.82, 2.24) is 5.32 Å². The van der Waals surface area contributed by atoms with Gasteiger partial charge in [-0.05, 0) is 26.0 Å². The number of rotatable bonds is 6. The first-order chi connectivity index (χ1) is 10.2. The smallest absolute Gasteiger partial charge is 0.327 e. The van der Waals surface area contributed by atoms with Crippen LogP contribution in [-0.4, -0.2) is 106 Å². The molecular formula is C13H22N2Na2O7S. The number of aliphatic carboxylic acids is 1.